The molecule has 0 saturated carbocycles. The van der Waals surface area contributed by atoms with Gasteiger partial charge in [0.1, 0.15) is 5.75 Å². The monoisotopic (exact) mass is 350 g/mol. The summed E-state index contributed by atoms with van der Waals surface area (Å²) in [4.78, 5) is 11.4. The molecule has 0 bridgehead atoms. The maximum absolute atomic E-state index is 11.9. The van der Waals surface area contributed by atoms with Gasteiger partial charge in [0.05, 0.1) is 16.5 Å². The molecular formula is C13H19ClN2O5S. The number of benzene rings is 1. The molecule has 0 atom stereocenters. The number of rotatable bonds is 9. The van der Waals surface area contributed by atoms with Crippen LogP contribution in [0.3, 0.4) is 0 Å². The quantitative estimate of drug-likeness (QED) is 0.602. The number of aliphatic hydroxyl groups is 1. The molecule has 0 aliphatic heterocycles. The van der Waals surface area contributed by atoms with Crippen LogP contribution in [0.15, 0.2) is 23.1 Å². The largest absolute Gasteiger partial charge is 0.482 e. The van der Waals surface area contributed by atoms with E-state index >= 15 is 0 Å². The van der Waals surface area contributed by atoms with Crippen molar-refractivity contribution in [3.63, 3.8) is 0 Å². The van der Waals surface area contributed by atoms with Crippen molar-refractivity contribution in [3.8, 4) is 5.75 Å². The van der Waals surface area contributed by atoms with Gasteiger partial charge in [0.2, 0.25) is 10.0 Å². The van der Waals surface area contributed by atoms with Gasteiger partial charge < -0.3 is 15.2 Å². The van der Waals surface area contributed by atoms with Crippen LogP contribution in [-0.2, 0) is 14.8 Å². The number of hydrogen-bond acceptors (Lipinski definition) is 5. The Morgan fingerprint density at radius 2 is 2.09 bits per heavy atom. The lowest BCUT2D eigenvalue weighted by atomic mass is 10.3. The summed E-state index contributed by atoms with van der Waals surface area (Å²) >= 11 is 5.97. The minimum Gasteiger partial charge on any atom is -0.482 e. The van der Waals surface area contributed by atoms with Gasteiger partial charge in [-0.1, -0.05) is 18.5 Å². The summed E-state index contributed by atoms with van der Waals surface area (Å²) in [6, 6.07) is 4.01. The predicted molar refractivity (Wildman–Crippen MR) is 82.5 cm³/mol. The minimum atomic E-state index is -3.60. The van der Waals surface area contributed by atoms with E-state index in [4.69, 9.17) is 21.4 Å². The van der Waals surface area contributed by atoms with Crippen molar-refractivity contribution in [1.82, 2.24) is 10.0 Å². The summed E-state index contributed by atoms with van der Waals surface area (Å²) in [5.74, 6) is -0.207. The molecule has 1 aromatic rings. The Bertz CT molecular complexity index is 606. The van der Waals surface area contributed by atoms with E-state index in [0.717, 1.165) is 0 Å². The third kappa shape index (κ3) is 5.80. The molecule has 0 saturated heterocycles. The fraction of sp³-hybridized carbons (Fsp3) is 0.462. The standard InChI is InChI=1S/C13H19ClN2O5S/c1-2-5-16-22(19,20)10-3-4-12(11(14)8-10)21-9-13(18)15-6-7-17/h3-4,8,16-17H,2,5-7,9H2,1H3,(H,15,18). The molecule has 0 aliphatic carbocycles. The number of carbonyl (C=O) groups excluding carboxylic acids is 1. The van der Waals surface area contributed by atoms with Crippen molar-refractivity contribution >= 4 is 27.5 Å². The Hall–Kier alpha value is -1.35. The number of halogens is 1. The zero-order valence-corrected chi connectivity index (χ0v) is 13.7. The van der Waals surface area contributed by atoms with Gasteiger partial charge in [-0.3, -0.25) is 4.79 Å². The maximum atomic E-state index is 11.9. The first-order valence-corrected chi connectivity index (χ1v) is 8.56. The molecule has 0 aliphatic rings. The Morgan fingerprint density at radius 1 is 1.36 bits per heavy atom. The van der Waals surface area contributed by atoms with Crippen molar-refractivity contribution in [3.05, 3.63) is 23.2 Å². The molecule has 124 valence electrons. The highest BCUT2D eigenvalue weighted by Gasteiger charge is 2.15. The normalized spacial score (nSPS) is 11.2. The van der Waals surface area contributed by atoms with E-state index in [1.807, 2.05) is 6.92 Å². The second kappa shape index (κ2) is 8.94. The van der Waals surface area contributed by atoms with Crippen LogP contribution in [0, 0.1) is 0 Å². The fourth-order valence-electron chi connectivity index (χ4n) is 1.48. The van der Waals surface area contributed by atoms with Crippen LogP contribution in [0.5, 0.6) is 5.75 Å². The first-order valence-electron chi connectivity index (χ1n) is 6.70. The number of nitrogens with one attached hydrogen (secondary N) is 2. The topological polar surface area (TPSA) is 105 Å². The van der Waals surface area contributed by atoms with E-state index in [1.54, 1.807) is 0 Å². The molecule has 0 heterocycles. The molecule has 0 fully saturated rings. The van der Waals surface area contributed by atoms with Crippen LogP contribution in [0.2, 0.25) is 5.02 Å². The molecule has 3 N–H and O–H groups in total. The van der Waals surface area contributed by atoms with Gasteiger partial charge in [0, 0.05) is 13.1 Å². The Kier molecular flexibility index (Phi) is 7.60. The van der Waals surface area contributed by atoms with E-state index < -0.39 is 15.9 Å². The zero-order chi connectivity index (χ0) is 16.6. The predicted octanol–water partition coefficient (Wildman–Crippen LogP) is 0.516. The number of carbonyl (C=O) groups is 1. The molecule has 0 aromatic heterocycles. The van der Waals surface area contributed by atoms with E-state index in [-0.39, 0.29) is 35.4 Å². The molecular weight excluding hydrogens is 332 g/mol. The molecule has 1 amide bonds. The average Bonchev–Trinajstić information content (AvgIpc) is 2.49. The molecule has 1 aromatic carbocycles. The Balaban J connectivity index is 2.72. The summed E-state index contributed by atoms with van der Waals surface area (Å²) in [5.41, 5.74) is 0. The van der Waals surface area contributed by atoms with Crippen molar-refractivity contribution in [2.45, 2.75) is 18.2 Å². The second-order valence-electron chi connectivity index (χ2n) is 4.35. The number of ether oxygens (including phenoxy) is 1. The first kappa shape index (κ1) is 18.7. The number of sulfonamides is 1. The average molecular weight is 351 g/mol. The second-order valence-corrected chi connectivity index (χ2v) is 6.53. The lowest BCUT2D eigenvalue weighted by molar-refractivity contribution is -0.123. The third-order valence-electron chi connectivity index (χ3n) is 2.55. The first-order chi connectivity index (χ1) is 10.4. The number of aliphatic hydroxyl groups excluding tert-OH is 1. The highest BCUT2D eigenvalue weighted by molar-refractivity contribution is 7.89. The van der Waals surface area contributed by atoms with Gasteiger partial charge in [-0.05, 0) is 24.6 Å². The third-order valence-corrected chi connectivity index (χ3v) is 4.30. The van der Waals surface area contributed by atoms with E-state index in [9.17, 15) is 13.2 Å². The van der Waals surface area contributed by atoms with E-state index in [2.05, 4.69) is 10.0 Å². The zero-order valence-electron chi connectivity index (χ0n) is 12.1. The maximum Gasteiger partial charge on any atom is 0.258 e. The van der Waals surface area contributed by atoms with Crippen LogP contribution in [0.1, 0.15) is 13.3 Å². The van der Waals surface area contributed by atoms with Crippen molar-refractivity contribution < 1.29 is 23.1 Å². The minimum absolute atomic E-state index is 0.0306. The van der Waals surface area contributed by atoms with Gasteiger partial charge >= 0.3 is 0 Å². The van der Waals surface area contributed by atoms with E-state index in [1.165, 1.54) is 18.2 Å². The van der Waals surface area contributed by atoms with Gasteiger partial charge in [-0.25, -0.2) is 13.1 Å². The number of hydrogen-bond donors (Lipinski definition) is 3. The smallest absolute Gasteiger partial charge is 0.258 e. The SMILES string of the molecule is CCCNS(=O)(=O)c1ccc(OCC(=O)NCCO)c(Cl)c1. The Labute approximate surface area is 134 Å². The van der Waals surface area contributed by atoms with Crippen LogP contribution in [0.25, 0.3) is 0 Å². The summed E-state index contributed by atoms with van der Waals surface area (Å²) in [5, 5.41) is 11.1. The summed E-state index contributed by atoms with van der Waals surface area (Å²) in [7, 11) is -3.60. The van der Waals surface area contributed by atoms with Crippen LogP contribution in [-0.4, -0.2) is 45.7 Å². The van der Waals surface area contributed by atoms with Crippen molar-refractivity contribution in [2.75, 3.05) is 26.3 Å². The Morgan fingerprint density at radius 3 is 2.68 bits per heavy atom. The summed E-state index contributed by atoms with van der Waals surface area (Å²) in [6.07, 6.45) is 0.678. The van der Waals surface area contributed by atoms with Gasteiger partial charge in [0.15, 0.2) is 6.61 Å². The van der Waals surface area contributed by atoms with Gasteiger partial charge in [0.25, 0.3) is 5.91 Å². The highest BCUT2D eigenvalue weighted by Crippen LogP contribution is 2.27. The van der Waals surface area contributed by atoms with Gasteiger partial charge in [-0.2, -0.15) is 0 Å². The van der Waals surface area contributed by atoms with Gasteiger partial charge in [-0.15, -0.1) is 0 Å². The molecule has 0 spiro atoms. The molecule has 7 nitrogen and oxygen atoms in total. The molecule has 22 heavy (non-hydrogen) atoms. The number of amides is 1. The lowest BCUT2D eigenvalue weighted by Gasteiger charge is -2.10. The lowest BCUT2D eigenvalue weighted by Crippen LogP contribution is -2.31. The highest BCUT2D eigenvalue weighted by atomic mass is 35.5. The fourth-order valence-corrected chi connectivity index (χ4v) is 2.93. The summed E-state index contributed by atoms with van der Waals surface area (Å²) in [6.45, 7) is 1.89. The molecule has 0 radical (unpaired) electrons. The van der Waals surface area contributed by atoms with Crippen molar-refractivity contribution in [1.29, 1.82) is 0 Å². The molecule has 1 rings (SSSR count). The van der Waals surface area contributed by atoms with Crippen LogP contribution < -0.4 is 14.8 Å². The molecule has 9 heteroatoms. The van der Waals surface area contributed by atoms with Crippen molar-refractivity contribution in [2.24, 2.45) is 0 Å². The van der Waals surface area contributed by atoms with Crippen LogP contribution in [0.4, 0.5) is 0 Å². The molecule has 0 unspecified atom stereocenters. The summed E-state index contributed by atoms with van der Waals surface area (Å²) < 4.78 is 31.5. The van der Waals surface area contributed by atoms with Crippen LogP contribution >= 0.6 is 11.6 Å². The van der Waals surface area contributed by atoms with E-state index in [0.29, 0.717) is 13.0 Å².